The molecule has 0 amide bonds. The lowest BCUT2D eigenvalue weighted by atomic mass is 10.4. The summed E-state index contributed by atoms with van der Waals surface area (Å²) < 4.78 is 0. The van der Waals surface area contributed by atoms with E-state index in [9.17, 15) is 0 Å². The molecule has 0 aliphatic rings. The van der Waals surface area contributed by atoms with Crippen molar-refractivity contribution in [3.63, 3.8) is 0 Å². The normalized spacial score (nSPS) is 13.9. The van der Waals surface area contributed by atoms with Gasteiger partial charge in [0, 0.05) is 11.8 Å². The van der Waals surface area contributed by atoms with Crippen LogP contribution in [0.4, 0.5) is 0 Å². The third-order valence-corrected chi connectivity index (χ3v) is 1.37. The molecule has 8 heavy (non-hydrogen) atoms. The predicted molar refractivity (Wildman–Crippen MR) is 38.4 cm³/mol. The molecule has 0 aliphatic carbocycles. The van der Waals surface area contributed by atoms with Gasteiger partial charge in [-0.15, -0.1) is 0 Å². The van der Waals surface area contributed by atoms with Gasteiger partial charge >= 0.3 is 0 Å². The highest BCUT2D eigenvalue weighted by molar-refractivity contribution is 7.80. The summed E-state index contributed by atoms with van der Waals surface area (Å²) in [6.07, 6.45) is 0. The van der Waals surface area contributed by atoms with E-state index in [0.717, 1.165) is 6.54 Å². The molecule has 0 saturated carbocycles. The second kappa shape index (κ2) is 5.41. The number of likely N-dealkylation sites (N-methyl/N-ethyl adjacent to an activating group) is 1. The molecule has 3 heteroatoms. The molecular formula is C5H13NOS. The Morgan fingerprint density at radius 1 is 1.75 bits per heavy atom. The van der Waals surface area contributed by atoms with E-state index in [1.54, 1.807) is 0 Å². The lowest BCUT2D eigenvalue weighted by Crippen LogP contribution is -2.33. The molecule has 2 nitrogen and oxygen atoms in total. The van der Waals surface area contributed by atoms with E-state index in [0.29, 0.717) is 5.75 Å². The van der Waals surface area contributed by atoms with Crippen LogP contribution in [0.15, 0.2) is 0 Å². The Morgan fingerprint density at radius 3 is 2.50 bits per heavy atom. The lowest BCUT2D eigenvalue weighted by Gasteiger charge is -2.09. The third kappa shape index (κ3) is 3.29. The van der Waals surface area contributed by atoms with Crippen LogP contribution in [0.2, 0.25) is 0 Å². The van der Waals surface area contributed by atoms with Gasteiger partial charge < -0.3 is 10.4 Å². The van der Waals surface area contributed by atoms with Crippen LogP contribution in [-0.4, -0.2) is 30.1 Å². The maximum absolute atomic E-state index is 8.55. The quantitative estimate of drug-likeness (QED) is 0.470. The van der Waals surface area contributed by atoms with Gasteiger partial charge in [-0.25, -0.2) is 0 Å². The highest BCUT2D eigenvalue weighted by Gasteiger charge is 1.99. The van der Waals surface area contributed by atoms with E-state index < -0.39 is 0 Å². The fourth-order valence-electron chi connectivity index (χ4n) is 0.476. The maximum Gasteiger partial charge on any atom is 0.0592 e. The smallest absolute Gasteiger partial charge is 0.0592 e. The van der Waals surface area contributed by atoms with E-state index in [2.05, 4.69) is 17.9 Å². The summed E-state index contributed by atoms with van der Waals surface area (Å²) in [7, 11) is 0. The first kappa shape index (κ1) is 8.27. The summed E-state index contributed by atoms with van der Waals surface area (Å²) in [5.41, 5.74) is 0. The first-order valence-corrected chi connectivity index (χ1v) is 3.43. The van der Waals surface area contributed by atoms with E-state index in [1.807, 2.05) is 6.92 Å². The molecule has 0 fully saturated rings. The molecule has 0 aromatic heterocycles. The van der Waals surface area contributed by atoms with Crippen LogP contribution in [0.3, 0.4) is 0 Å². The Bertz CT molecular complexity index is 47.7. The van der Waals surface area contributed by atoms with Gasteiger partial charge in [-0.05, 0) is 6.54 Å². The number of nitrogens with one attached hydrogen (secondary N) is 1. The molecule has 50 valence electrons. The van der Waals surface area contributed by atoms with Gasteiger partial charge in [0.15, 0.2) is 0 Å². The topological polar surface area (TPSA) is 32.3 Å². The summed E-state index contributed by atoms with van der Waals surface area (Å²) in [4.78, 5) is 0. The molecule has 0 rings (SSSR count). The van der Waals surface area contributed by atoms with Gasteiger partial charge in [-0.1, -0.05) is 6.92 Å². The Hall–Kier alpha value is 0.270. The van der Waals surface area contributed by atoms with Crippen LogP contribution in [0.1, 0.15) is 6.92 Å². The average Bonchev–Trinajstić information content (AvgIpc) is 1.83. The number of aliphatic hydroxyl groups is 1. The van der Waals surface area contributed by atoms with E-state index >= 15 is 0 Å². The molecule has 0 bridgehead atoms. The summed E-state index contributed by atoms with van der Waals surface area (Å²) in [5.74, 6) is 0.699. The first-order valence-electron chi connectivity index (χ1n) is 2.80. The molecule has 0 saturated heterocycles. The lowest BCUT2D eigenvalue weighted by molar-refractivity contribution is 0.256. The Morgan fingerprint density at radius 2 is 2.38 bits per heavy atom. The number of rotatable bonds is 4. The van der Waals surface area contributed by atoms with Crippen molar-refractivity contribution in [2.75, 3.05) is 18.9 Å². The highest BCUT2D eigenvalue weighted by atomic mass is 32.1. The van der Waals surface area contributed by atoms with Gasteiger partial charge in [0.2, 0.25) is 0 Å². The van der Waals surface area contributed by atoms with Crippen LogP contribution in [0.25, 0.3) is 0 Å². The van der Waals surface area contributed by atoms with Crippen molar-refractivity contribution in [3.05, 3.63) is 0 Å². The zero-order chi connectivity index (χ0) is 6.41. The minimum atomic E-state index is 0.170. The number of thiol groups is 1. The number of hydrogen-bond acceptors (Lipinski definition) is 3. The summed E-state index contributed by atoms with van der Waals surface area (Å²) in [6.45, 7) is 3.08. The maximum atomic E-state index is 8.55. The second-order valence-corrected chi connectivity index (χ2v) is 1.98. The molecule has 0 heterocycles. The van der Waals surface area contributed by atoms with Crippen LogP contribution in [0, 0.1) is 0 Å². The van der Waals surface area contributed by atoms with Gasteiger partial charge in [0.25, 0.3) is 0 Å². The molecule has 1 unspecified atom stereocenters. The zero-order valence-electron chi connectivity index (χ0n) is 5.09. The van der Waals surface area contributed by atoms with Crippen LogP contribution in [-0.2, 0) is 0 Å². The number of aliphatic hydroxyl groups excluding tert-OH is 1. The Kier molecular flexibility index (Phi) is 5.59. The molecule has 1 atom stereocenters. The van der Waals surface area contributed by atoms with Crippen molar-refractivity contribution < 1.29 is 5.11 Å². The van der Waals surface area contributed by atoms with Crippen LogP contribution >= 0.6 is 12.6 Å². The van der Waals surface area contributed by atoms with Crippen molar-refractivity contribution in [3.8, 4) is 0 Å². The molecule has 0 spiro atoms. The predicted octanol–water partition coefficient (Wildman–Crippen LogP) is -0.113. The first-order chi connectivity index (χ1) is 3.85. The second-order valence-electron chi connectivity index (χ2n) is 1.62. The van der Waals surface area contributed by atoms with Gasteiger partial charge in [-0.3, -0.25) is 0 Å². The van der Waals surface area contributed by atoms with Crippen molar-refractivity contribution >= 4 is 12.6 Å². The van der Waals surface area contributed by atoms with Crippen LogP contribution in [0.5, 0.6) is 0 Å². The Balaban J connectivity index is 3.07. The summed E-state index contributed by atoms with van der Waals surface area (Å²) in [6, 6.07) is 0.170. The van der Waals surface area contributed by atoms with Gasteiger partial charge in [0.1, 0.15) is 0 Å². The van der Waals surface area contributed by atoms with Crippen molar-refractivity contribution in [2.45, 2.75) is 13.0 Å². The molecule has 0 aromatic rings. The number of hydrogen-bond donors (Lipinski definition) is 3. The minimum Gasteiger partial charge on any atom is -0.395 e. The van der Waals surface area contributed by atoms with Crippen LogP contribution < -0.4 is 5.32 Å². The van der Waals surface area contributed by atoms with Crippen molar-refractivity contribution in [2.24, 2.45) is 0 Å². The van der Waals surface area contributed by atoms with E-state index in [4.69, 9.17) is 5.11 Å². The summed E-state index contributed by atoms with van der Waals surface area (Å²) in [5, 5.41) is 11.6. The highest BCUT2D eigenvalue weighted by Crippen LogP contribution is 1.83. The fraction of sp³-hybridized carbons (Fsp3) is 1.00. The Labute approximate surface area is 55.7 Å². The largest absolute Gasteiger partial charge is 0.395 e. The summed E-state index contributed by atoms with van der Waals surface area (Å²) >= 11 is 4.01. The average molecular weight is 135 g/mol. The molecule has 0 radical (unpaired) electrons. The van der Waals surface area contributed by atoms with Gasteiger partial charge in [0.05, 0.1) is 6.61 Å². The third-order valence-electron chi connectivity index (χ3n) is 0.934. The molecular weight excluding hydrogens is 122 g/mol. The monoisotopic (exact) mass is 135 g/mol. The van der Waals surface area contributed by atoms with E-state index in [-0.39, 0.29) is 12.6 Å². The van der Waals surface area contributed by atoms with Crippen molar-refractivity contribution in [1.82, 2.24) is 5.32 Å². The molecule has 2 N–H and O–H groups in total. The fourth-order valence-corrected chi connectivity index (χ4v) is 0.720. The SMILES string of the molecule is CCNC(CO)CS. The zero-order valence-corrected chi connectivity index (χ0v) is 5.99. The van der Waals surface area contributed by atoms with E-state index in [1.165, 1.54) is 0 Å². The molecule has 0 aromatic carbocycles. The minimum absolute atomic E-state index is 0.170. The van der Waals surface area contributed by atoms with Gasteiger partial charge in [-0.2, -0.15) is 12.6 Å². The standard InChI is InChI=1S/C5H13NOS/c1-2-6-5(3-7)4-8/h5-8H,2-4H2,1H3. The molecule has 0 aliphatic heterocycles. The van der Waals surface area contributed by atoms with Crippen molar-refractivity contribution in [1.29, 1.82) is 0 Å².